The fraction of sp³-hybridized carbons (Fsp3) is 0. The van der Waals surface area contributed by atoms with Crippen molar-refractivity contribution < 1.29 is 4.39 Å². The Bertz CT molecular complexity index is 821. The number of aromatic nitrogens is 2. The number of rotatable bonds is 1. The van der Waals surface area contributed by atoms with Crippen LogP contribution in [0.5, 0.6) is 0 Å². The third-order valence-electron chi connectivity index (χ3n) is 2.81. The second-order valence-corrected chi connectivity index (χ2v) is 5.28. The number of halogens is 4. The Labute approximate surface area is 129 Å². The third-order valence-corrected chi connectivity index (χ3v) is 3.71. The number of benzene rings is 2. The molecule has 1 heterocycles. The highest BCUT2D eigenvalue weighted by Crippen LogP contribution is 2.30. The smallest absolute Gasteiger partial charge is 0.161 e. The fourth-order valence-electron chi connectivity index (χ4n) is 1.84. The molecular formula is C14H6Cl3FN2. The first-order chi connectivity index (χ1) is 9.56. The van der Waals surface area contributed by atoms with Gasteiger partial charge in [-0.2, -0.15) is 0 Å². The Morgan fingerprint density at radius 1 is 0.900 bits per heavy atom. The largest absolute Gasteiger partial charge is 0.226 e. The molecule has 0 spiro atoms. The molecule has 20 heavy (non-hydrogen) atoms. The van der Waals surface area contributed by atoms with Gasteiger partial charge in [0, 0.05) is 10.9 Å². The summed E-state index contributed by atoms with van der Waals surface area (Å²) in [6.45, 7) is 0. The summed E-state index contributed by atoms with van der Waals surface area (Å²) in [7, 11) is 0. The van der Waals surface area contributed by atoms with E-state index in [0.29, 0.717) is 27.3 Å². The first kappa shape index (κ1) is 13.6. The topological polar surface area (TPSA) is 25.8 Å². The van der Waals surface area contributed by atoms with Crippen LogP contribution in [0.2, 0.25) is 15.2 Å². The second-order valence-electron chi connectivity index (χ2n) is 4.10. The fourth-order valence-corrected chi connectivity index (χ4v) is 2.41. The SMILES string of the molecule is Fc1cc(-c2nc(Cl)c3cccc(Cl)c3n2)ccc1Cl. The molecule has 3 rings (SSSR count). The van der Waals surface area contributed by atoms with Crippen molar-refractivity contribution in [2.24, 2.45) is 0 Å². The van der Waals surface area contributed by atoms with E-state index in [9.17, 15) is 4.39 Å². The molecule has 0 aliphatic heterocycles. The van der Waals surface area contributed by atoms with Crippen molar-refractivity contribution in [3.8, 4) is 11.4 Å². The van der Waals surface area contributed by atoms with E-state index in [4.69, 9.17) is 34.8 Å². The van der Waals surface area contributed by atoms with Gasteiger partial charge in [0.05, 0.1) is 15.6 Å². The molecule has 0 fully saturated rings. The molecule has 2 nitrogen and oxygen atoms in total. The van der Waals surface area contributed by atoms with Crippen molar-refractivity contribution in [2.75, 3.05) is 0 Å². The Morgan fingerprint density at radius 2 is 1.70 bits per heavy atom. The molecule has 0 unspecified atom stereocenters. The summed E-state index contributed by atoms with van der Waals surface area (Å²) in [6.07, 6.45) is 0. The summed E-state index contributed by atoms with van der Waals surface area (Å²) in [4.78, 5) is 8.51. The van der Waals surface area contributed by atoms with Gasteiger partial charge in [-0.05, 0) is 30.3 Å². The molecule has 0 atom stereocenters. The number of hydrogen-bond acceptors (Lipinski definition) is 2. The van der Waals surface area contributed by atoms with Crippen LogP contribution in [0.1, 0.15) is 0 Å². The maximum atomic E-state index is 13.5. The first-order valence-corrected chi connectivity index (χ1v) is 6.77. The van der Waals surface area contributed by atoms with Gasteiger partial charge < -0.3 is 0 Å². The number of para-hydroxylation sites is 1. The van der Waals surface area contributed by atoms with Gasteiger partial charge in [-0.3, -0.25) is 0 Å². The van der Waals surface area contributed by atoms with Crippen molar-refractivity contribution in [3.63, 3.8) is 0 Å². The second kappa shape index (κ2) is 5.17. The third kappa shape index (κ3) is 2.33. The number of nitrogens with zero attached hydrogens (tertiary/aromatic N) is 2. The molecule has 0 saturated heterocycles. The summed E-state index contributed by atoms with van der Waals surface area (Å²) in [6, 6.07) is 9.58. The van der Waals surface area contributed by atoms with Gasteiger partial charge in [-0.25, -0.2) is 14.4 Å². The Balaban J connectivity index is 2.26. The minimum atomic E-state index is -0.539. The lowest BCUT2D eigenvalue weighted by Gasteiger charge is -2.06. The summed E-state index contributed by atoms with van der Waals surface area (Å²) >= 11 is 17.9. The molecule has 100 valence electrons. The first-order valence-electron chi connectivity index (χ1n) is 5.63. The van der Waals surface area contributed by atoms with Crippen LogP contribution < -0.4 is 0 Å². The van der Waals surface area contributed by atoms with Crippen molar-refractivity contribution in [2.45, 2.75) is 0 Å². The van der Waals surface area contributed by atoms with Crippen LogP contribution in [-0.4, -0.2) is 9.97 Å². The highest BCUT2D eigenvalue weighted by atomic mass is 35.5. The standard InChI is InChI=1S/C14H6Cl3FN2/c15-9-5-4-7(6-11(9)18)14-19-12-8(13(17)20-14)2-1-3-10(12)16/h1-6H. The molecule has 0 aliphatic carbocycles. The predicted molar refractivity (Wildman–Crippen MR) is 80.0 cm³/mol. The van der Waals surface area contributed by atoms with Crippen LogP contribution in [0.3, 0.4) is 0 Å². The van der Waals surface area contributed by atoms with E-state index in [1.807, 2.05) is 0 Å². The Kier molecular flexibility index (Phi) is 3.50. The summed E-state index contributed by atoms with van der Waals surface area (Å²) in [5.41, 5.74) is 1.01. The molecule has 2 aromatic carbocycles. The minimum Gasteiger partial charge on any atom is -0.226 e. The van der Waals surface area contributed by atoms with E-state index in [1.165, 1.54) is 12.1 Å². The molecule has 0 N–H and O–H groups in total. The van der Waals surface area contributed by atoms with Crippen LogP contribution >= 0.6 is 34.8 Å². The van der Waals surface area contributed by atoms with Gasteiger partial charge in [0.2, 0.25) is 0 Å². The predicted octanol–water partition coefficient (Wildman–Crippen LogP) is 5.40. The lowest BCUT2D eigenvalue weighted by Crippen LogP contribution is -1.93. The summed E-state index contributed by atoms with van der Waals surface area (Å²) in [5, 5.41) is 1.42. The van der Waals surface area contributed by atoms with E-state index < -0.39 is 5.82 Å². The van der Waals surface area contributed by atoms with Gasteiger partial charge in [0.25, 0.3) is 0 Å². The lowest BCUT2D eigenvalue weighted by atomic mass is 10.2. The van der Waals surface area contributed by atoms with E-state index in [1.54, 1.807) is 24.3 Å². The molecule has 0 bridgehead atoms. The van der Waals surface area contributed by atoms with Crippen LogP contribution in [0.25, 0.3) is 22.3 Å². The van der Waals surface area contributed by atoms with Crippen molar-refractivity contribution in [3.05, 3.63) is 57.4 Å². The average molecular weight is 328 g/mol. The monoisotopic (exact) mass is 326 g/mol. The molecule has 6 heteroatoms. The quantitative estimate of drug-likeness (QED) is 0.560. The maximum absolute atomic E-state index is 13.5. The molecule has 0 aliphatic rings. The highest BCUT2D eigenvalue weighted by Gasteiger charge is 2.11. The molecule has 0 amide bonds. The van der Waals surface area contributed by atoms with Gasteiger partial charge in [-0.1, -0.05) is 40.9 Å². The lowest BCUT2D eigenvalue weighted by molar-refractivity contribution is 0.628. The number of hydrogen-bond donors (Lipinski definition) is 0. The Morgan fingerprint density at radius 3 is 2.45 bits per heavy atom. The average Bonchev–Trinajstić information content (AvgIpc) is 2.43. The van der Waals surface area contributed by atoms with E-state index >= 15 is 0 Å². The molecular weight excluding hydrogens is 322 g/mol. The molecule has 1 aromatic heterocycles. The zero-order chi connectivity index (χ0) is 14.3. The van der Waals surface area contributed by atoms with Crippen molar-refractivity contribution >= 4 is 45.7 Å². The normalized spacial score (nSPS) is 11.0. The number of fused-ring (bicyclic) bond motifs is 1. The van der Waals surface area contributed by atoms with Crippen LogP contribution in [0.15, 0.2) is 36.4 Å². The maximum Gasteiger partial charge on any atom is 0.161 e. The molecule has 0 radical (unpaired) electrons. The van der Waals surface area contributed by atoms with Crippen LogP contribution in [-0.2, 0) is 0 Å². The molecule has 0 saturated carbocycles. The minimum absolute atomic E-state index is 0.0404. The summed E-state index contributed by atoms with van der Waals surface area (Å²) in [5.74, 6) is -0.241. The zero-order valence-corrected chi connectivity index (χ0v) is 12.1. The summed E-state index contributed by atoms with van der Waals surface area (Å²) < 4.78 is 13.5. The van der Waals surface area contributed by atoms with Gasteiger partial charge in [0.1, 0.15) is 11.0 Å². The van der Waals surface area contributed by atoms with E-state index in [-0.39, 0.29) is 10.2 Å². The van der Waals surface area contributed by atoms with E-state index in [2.05, 4.69) is 9.97 Å². The van der Waals surface area contributed by atoms with Crippen LogP contribution in [0, 0.1) is 5.82 Å². The molecule has 3 aromatic rings. The van der Waals surface area contributed by atoms with Crippen molar-refractivity contribution in [1.82, 2.24) is 9.97 Å². The Hall–Kier alpha value is -1.42. The van der Waals surface area contributed by atoms with Crippen molar-refractivity contribution in [1.29, 1.82) is 0 Å². The van der Waals surface area contributed by atoms with Crippen LogP contribution in [0.4, 0.5) is 4.39 Å². The van der Waals surface area contributed by atoms with Gasteiger partial charge in [0.15, 0.2) is 5.82 Å². The van der Waals surface area contributed by atoms with Gasteiger partial charge >= 0.3 is 0 Å². The zero-order valence-electron chi connectivity index (χ0n) is 9.87. The van der Waals surface area contributed by atoms with Gasteiger partial charge in [-0.15, -0.1) is 0 Å². The highest BCUT2D eigenvalue weighted by molar-refractivity contribution is 6.38. The van der Waals surface area contributed by atoms with E-state index in [0.717, 1.165) is 0 Å².